The Bertz CT molecular complexity index is 378. The van der Waals surface area contributed by atoms with Gasteiger partial charge >= 0.3 is 5.97 Å². The number of hydrogen-bond donors (Lipinski definition) is 1. The molecule has 0 spiro atoms. The smallest absolute Gasteiger partial charge is 0.307 e. The van der Waals surface area contributed by atoms with E-state index in [0.29, 0.717) is 6.54 Å². The molecule has 0 amide bonds. The molecule has 1 atom stereocenters. The van der Waals surface area contributed by atoms with Gasteiger partial charge in [0.15, 0.2) is 0 Å². The maximum Gasteiger partial charge on any atom is 0.307 e. The lowest BCUT2D eigenvalue weighted by molar-refractivity contribution is -0.141. The van der Waals surface area contributed by atoms with E-state index in [0.717, 1.165) is 13.1 Å². The third kappa shape index (κ3) is 4.70. The summed E-state index contributed by atoms with van der Waals surface area (Å²) in [6, 6.07) is 8.43. The molecule has 4 heteroatoms. The molecule has 1 aromatic carbocycles. The largest absolute Gasteiger partial charge is 0.481 e. The van der Waals surface area contributed by atoms with Crippen LogP contribution in [0.5, 0.6) is 0 Å². The van der Waals surface area contributed by atoms with Crippen LogP contribution in [0.4, 0.5) is 0 Å². The molecule has 0 heterocycles. The predicted octanol–water partition coefficient (Wildman–Crippen LogP) is 2.95. The van der Waals surface area contributed by atoms with Gasteiger partial charge in [0.25, 0.3) is 0 Å². The van der Waals surface area contributed by atoms with Crippen molar-refractivity contribution in [2.75, 3.05) is 19.3 Å². The summed E-state index contributed by atoms with van der Waals surface area (Å²) in [7, 11) is 0. The van der Waals surface area contributed by atoms with E-state index in [1.54, 1.807) is 18.7 Å². The lowest BCUT2D eigenvalue weighted by Gasteiger charge is -2.22. The van der Waals surface area contributed by atoms with Crippen LogP contribution in [-0.2, 0) is 11.3 Å². The van der Waals surface area contributed by atoms with Crippen molar-refractivity contribution in [3.8, 4) is 0 Å². The summed E-state index contributed by atoms with van der Waals surface area (Å²) in [6.07, 6.45) is 2.06. The first-order valence-electron chi connectivity index (χ1n) is 6.15. The molecular formula is C14H21NO2S. The van der Waals surface area contributed by atoms with Crippen molar-refractivity contribution in [3.05, 3.63) is 29.8 Å². The molecule has 18 heavy (non-hydrogen) atoms. The summed E-state index contributed by atoms with van der Waals surface area (Å²) >= 11 is 1.73. The Hall–Kier alpha value is -1.00. The van der Waals surface area contributed by atoms with Crippen LogP contribution < -0.4 is 0 Å². The van der Waals surface area contributed by atoms with E-state index in [9.17, 15) is 4.79 Å². The van der Waals surface area contributed by atoms with Gasteiger partial charge in [0.05, 0.1) is 5.92 Å². The molecule has 0 aliphatic carbocycles. The van der Waals surface area contributed by atoms with Gasteiger partial charge in [0.2, 0.25) is 0 Å². The molecule has 1 rings (SSSR count). The van der Waals surface area contributed by atoms with Crippen LogP contribution in [-0.4, -0.2) is 35.3 Å². The van der Waals surface area contributed by atoms with Gasteiger partial charge in [-0.1, -0.05) is 26.0 Å². The molecule has 1 N–H and O–H groups in total. The van der Waals surface area contributed by atoms with E-state index in [2.05, 4.69) is 42.3 Å². The summed E-state index contributed by atoms with van der Waals surface area (Å²) in [6.45, 7) is 6.08. The lowest BCUT2D eigenvalue weighted by atomic mass is 10.1. The zero-order valence-electron chi connectivity index (χ0n) is 11.2. The van der Waals surface area contributed by atoms with E-state index in [1.807, 2.05) is 0 Å². The first-order valence-corrected chi connectivity index (χ1v) is 7.37. The summed E-state index contributed by atoms with van der Waals surface area (Å²) < 4.78 is 0. The maximum absolute atomic E-state index is 10.9. The van der Waals surface area contributed by atoms with Crippen LogP contribution in [0, 0.1) is 5.92 Å². The maximum atomic E-state index is 10.9. The number of hydrogen-bond acceptors (Lipinski definition) is 3. The molecule has 0 fully saturated rings. The van der Waals surface area contributed by atoms with Gasteiger partial charge in [-0.05, 0) is 30.5 Å². The SMILES string of the molecule is CCN(Cc1ccc(SC)cc1)CC(C)C(=O)O. The monoisotopic (exact) mass is 267 g/mol. The Labute approximate surface area is 113 Å². The van der Waals surface area contributed by atoms with Gasteiger partial charge < -0.3 is 5.11 Å². The first-order chi connectivity index (χ1) is 8.56. The van der Waals surface area contributed by atoms with E-state index in [4.69, 9.17) is 5.11 Å². The average molecular weight is 267 g/mol. The minimum atomic E-state index is -0.730. The molecule has 0 aromatic heterocycles. The van der Waals surface area contributed by atoms with E-state index < -0.39 is 5.97 Å². The van der Waals surface area contributed by atoms with Gasteiger partial charge in [-0.15, -0.1) is 11.8 Å². The fourth-order valence-electron chi connectivity index (χ4n) is 1.76. The second kappa shape index (κ2) is 7.44. The van der Waals surface area contributed by atoms with Crippen LogP contribution in [0.1, 0.15) is 19.4 Å². The zero-order chi connectivity index (χ0) is 13.5. The Kier molecular flexibility index (Phi) is 6.22. The normalized spacial score (nSPS) is 12.7. The van der Waals surface area contributed by atoms with E-state index in [1.165, 1.54) is 10.5 Å². The Morgan fingerprint density at radius 1 is 1.39 bits per heavy atom. The lowest BCUT2D eigenvalue weighted by Crippen LogP contribution is -2.31. The number of thioether (sulfide) groups is 1. The molecule has 3 nitrogen and oxygen atoms in total. The van der Waals surface area contributed by atoms with E-state index in [-0.39, 0.29) is 5.92 Å². The molecule has 1 aromatic rings. The number of nitrogens with zero attached hydrogens (tertiary/aromatic N) is 1. The number of carboxylic acids is 1. The molecule has 100 valence electrons. The molecule has 0 aliphatic heterocycles. The standard InChI is InChI=1S/C14H21NO2S/c1-4-15(9-11(2)14(16)17)10-12-5-7-13(18-3)8-6-12/h5-8,11H,4,9-10H2,1-3H3,(H,16,17). The highest BCUT2D eigenvalue weighted by Gasteiger charge is 2.15. The minimum Gasteiger partial charge on any atom is -0.481 e. The highest BCUT2D eigenvalue weighted by molar-refractivity contribution is 7.98. The van der Waals surface area contributed by atoms with Crippen molar-refractivity contribution in [3.63, 3.8) is 0 Å². The van der Waals surface area contributed by atoms with Crippen LogP contribution >= 0.6 is 11.8 Å². The Balaban J connectivity index is 2.58. The summed E-state index contributed by atoms with van der Waals surface area (Å²) in [5.74, 6) is -1.05. The fraction of sp³-hybridized carbons (Fsp3) is 0.500. The van der Waals surface area contributed by atoms with Gasteiger partial charge in [0, 0.05) is 18.0 Å². The molecular weight excluding hydrogens is 246 g/mol. The van der Waals surface area contributed by atoms with Crippen LogP contribution in [0.3, 0.4) is 0 Å². The molecule has 1 unspecified atom stereocenters. The second-order valence-electron chi connectivity index (χ2n) is 4.42. The van der Waals surface area contributed by atoms with Gasteiger partial charge in [-0.25, -0.2) is 0 Å². The van der Waals surface area contributed by atoms with Crippen molar-refractivity contribution in [1.29, 1.82) is 0 Å². The number of carbonyl (C=O) groups is 1. The molecule has 0 aliphatic rings. The minimum absolute atomic E-state index is 0.324. The van der Waals surface area contributed by atoms with Crippen molar-refractivity contribution in [1.82, 2.24) is 4.90 Å². The van der Waals surface area contributed by atoms with Gasteiger partial charge in [-0.3, -0.25) is 9.69 Å². The van der Waals surface area contributed by atoms with Crippen molar-refractivity contribution >= 4 is 17.7 Å². The van der Waals surface area contributed by atoms with E-state index >= 15 is 0 Å². The quantitative estimate of drug-likeness (QED) is 0.771. The number of rotatable bonds is 7. The van der Waals surface area contributed by atoms with Crippen molar-refractivity contribution in [2.45, 2.75) is 25.3 Å². The Morgan fingerprint density at radius 2 is 2.00 bits per heavy atom. The third-order valence-electron chi connectivity index (χ3n) is 2.97. The van der Waals surface area contributed by atoms with Gasteiger partial charge in [0.1, 0.15) is 0 Å². The first kappa shape index (κ1) is 15.1. The molecule has 0 bridgehead atoms. The summed E-state index contributed by atoms with van der Waals surface area (Å²) in [5.41, 5.74) is 1.23. The molecule has 0 saturated heterocycles. The van der Waals surface area contributed by atoms with Crippen LogP contribution in [0.15, 0.2) is 29.2 Å². The zero-order valence-corrected chi connectivity index (χ0v) is 12.0. The fourth-order valence-corrected chi connectivity index (χ4v) is 2.17. The predicted molar refractivity (Wildman–Crippen MR) is 76.0 cm³/mol. The highest BCUT2D eigenvalue weighted by Crippen LogP contribution is 2.16. The van der Waals surface area contributed by atoms with Crippen LogP contribution in [0.2, 0.25) is 0 Å². The topological polar surface area (TPSA) is 40.5 Å². The highest BCUT2D eigenvalue weighted by atomic mass is 32.2. The van der Waals surface area contributed by atoms with Gasteiger partial charge in [-0.2, -0.15) is 0 Å². The number of aliphatic carboxylic acids is 1. The molecule has 0 radical (unpaired) electrons. The summed E-state index contributed by atoms with van der Waals surface area (Å²) in [4.78, 5) is 14.3. The third-order valence-corrected chi connectivity index (χ3v) is 3.71. The number of carboxylic acid groups (broad SMARTS) is 1. The van der Waals surface area contributed by atoms with Crippen molar-refractivity contribution in [2.24, 2.45) is 5.92 Å². The number of benzene rings is 1. The average Bonchev–Trinajstić information content (AvgIpc) is 2.38. The Morgan fingerprint density at radius 3 is 2.44 bits per heavy atom. The molecule has 0 saturated carbocycles. The van der Waals surface area contributed by atoms with Crippen LogP contribution in [0.25, 0.3) is 0 Å². The second-order valence-corrected chi connectivity index (χ2v) is 5.29. The van der Waals surface area contributed by atoms with Crippen molar-refractivity contribution < 1.29 is 9.90 Å². The summed E-state index contributed by atoms with van der Waals surface area (Å²) in [5, 5.41) is 8.93.